The molecule has 0 saturated heterocycles. The van der Waals surface area contributed by atoms with Crippen LogP contribution in [-0.4, -0.2) is 29.0 Å². The number of aromatic nitrogens is 1. The summed E-state index contributed by atoms with van der Waals surface area (Å²) in [6.45, 7) is 7.98. The minimum atomic E-state index is -0.425. The van der Waals surface area contributed by atoms with Gasteiger partial charge in [0.1, 0.15) is 6.10 Å². The van der Waals surface area contributed by atoms with Crippen LogP contribution in [0.4, 0.5) is 0 Å². The fraction of sp³-hybridized carbons (Fsp3) is 0.469. The Labute approximate surface area is 224 Å². The van der Waals surface area contributed by atoms with Crippen molar-refractivity contribution < 1.29 is 14.3 Å². The Morgan fingerprint density at radius 3 is 1.97 bits per heavy atom. The summed E-state index contributed by atoms with van der Waals surface area (Å²) in [5.41, 5.74) is 0.406. The molecule has 1 heterocycles. The van der Waals surface area contributed by atoms with Gasteiger partial charge in [-0.05, 0) is 69.9 Å². The molecule has 1 N–H and O–H groups in total. The molecule has 0 spiro atoms. The van der Waals surface area contributed by atoms with E-state index >= 15 is 0 Å². The highest BCUT2D eigenvalue weighted by molar-refractivity contribution is 5.89. The van der Waals surface area contributed by atoms with Crippen LogP contribution in [0.3, 0.4) is 0 Å². The van der Waals surface area contributed by atoms with Crippen LogP contribution in [0.2, 0.25) is 0 Å². The van der Waals surface area contributed by atoms with Crippen molar-refractivity contribution in [2.75, 3.05) is 0 Å². The van der Waals surface area contributed by atoms with E-state index in [1.54, 1.807) is 18.3 Å². The van der Waals surface area contributed by atoms with Gasteiger partial charge >= 0.3 is 5.97 Å². The summed E-state index contributed by atoms with van der Waals surface area (Å²) in [6.07, 6.45) is 31.5. The smallest absolute Gasteiger partial charge is 0.340 e. The molecule has 1 amide bonds. The number of amides is 1. The normalized spacial score (nSPS) is 14.0. The first-order chi connectivity index (χ1) is 18.0. The van der Waals surface area contributed by atoms with Crippen LogP contribution in [0.25, 0.3) is 0 Å². The van der Waals surface area contributed by atoms with Crippen molar-refractivity contribution >= 4 is 11.9 Å². The molecule has 5 nitrogen and oxygen atoms in total. The van der Waals surface area contributed by atoms with Gasteiger partial charge in [0, 0.05) is 18.8 Å². The van der Waals surface area contributed by atoms with E-state index in [1.165, 1.54) is 6.20 Å². The van der Waals surface area contributed by atoms with Gasteiger partial charge in [0.15, 0.2) is 0 Å². The number of nitrogens with one attached hydrogen (secondary N) is 1. The minimum absolute atomic E-state index is 0.0251. The summed E-state index contributed by atoms with van der Waals surface area (Å²) >= 11 is 0. The molecule has 0 radical (unpaired) electrons. The second kappa shape index (κ2) is 20.9. The van der Waals surface area contributed by atoms with Crippen LogP contribution in [-0.2, 0) is 9.53 Å². The molecule has 0 aliphatic rings. The summed E-state index contributed by atoms with van der Waals surface area (Å²) in [5.74, 6) is -0.383. The highest BCUT2D eigenvalue weighted by atomic mass is 16.5. The van der Waals surface area contributed by atoms with Gasteiger partial charge in [-0.25, -0.2) is 4.79 Å². The Morgan fingerprint density at radius 1 is 0.892 bits per heavy atom. The predicted octanol–water partition coefficient (Wildman–Crippen LogP) is 7.69. The summed E-state index contributed by atoms with van der Waals surface area (Å²) < 4.78 is 5.68. The van der Waals surface area contributed by atoms with Crippen molar-refractivity contribution in [3.63, 3.8) is 0 Å². The van der Waals surface area contributed by atoms with Crippen LogP contribution in [0, 0.1) is 5.92 Å². The number of hydrogen-bond donors (Lipinski definition) is 1. The van der Waals surface area contributed by atoms with Crippen LogP contribution < -0.4 is 5.32 Å². The van der Waals surface area contributed by atoms with Crippen molar-refractivity contribution in [1.82, 2.24) is 10.3 Å². The lowest BCUT2D eigenvalue weighted by Gasteiger charge is -2.28. The number of carbonyl (C=O) groups is 2. The van der Waals surface area contributed by atoms with Crippen LogP contribution in [0.15, 0.2) is 85.3 Å². The van der Waals surface area contributed by atoms with Crippen LogP contribution in [0.5, 0.6) is 0 Å². The van der Waals surface area contributed by atoms with Crippen LogP contribution in [0.1, 0.15) is 89.4 Å². The van der Waals surface area contributed by atoms with Gasteiger partial charge in [0.2, 0.25) is 5.91 Å². The van der Waals surface area contributed by atoms with Gasteiger partial charge in [-0.1, -0.05) is 81.5 Å². The quantitative estimate of drug-likeness (QED) is 0.126. The predicted molar refractivity (Wildman–Crippen MR) is 154 cm³/mol. The molecule has 2 atom stereocenters. The molecule has 0 aromatic carbocycles. The highest BCUT2D eigenvalue weighted by Gasteiger charge is 2.26. The average Bonchev–Trinajstić information content (AvgIpc) is 2.89. The van der Waals surface area contributed by atoms with E-state index in [-0.39, 0.29) is 17.9 Å². The number of rotatable bonds is 18. The average molecular weight is 507 g/mol. The van der Waals surface area contributed by atoms with Crippen molar-refractivity contribution in [2.24, 2.45) is 5.92 Å². The Bertz CT molecular complexity index is 898. The number of ether oxygens (including phenoxy) is 1. The molecular weight excluding hydrogens is 460 g/mol. The molecule has 202 valence electrons. The van der Waals surface area contributed by atoms with E-state index < -0.39 is 12.1 Å². The number of pyridine rings is 1. The lowest BCUT2D eigenvalue weighted by Crippen LogP contribution is -2.45. The molecule has 1 rings (SSSR count). The number of allylic oxidation sites excluding steroid dienone is 10. The molecule has 37 heavy (non-hydrogen) atoms. The third-order valence-electron chi connectivity index (χ3n) is 5.61. The van der Waals surface area contributed by atoms with Gasteiger partial charge in [-0.2, -0.15) is 0 Å². The van der Waals surface area contributed by atoms with Crippen LogP contribution >= 0.6 is 0 Å². The van der Waals surface area contributed by atoms with E-state index in [9.17, 15) is 9.59 Å². The zero-order valence-electron chi connectivity index (χ0n) is 23.1. The first-order valence-corrected chi connectivity index (χ1v) is 13.6. The molecule has 0 fully saturated rings. The van der Waals surface area contributed by atoms with E-state index in [0.29, 0.717) is 12.0 Å². The SMILES string of the molecule is CCC=CCC=CCC=CCC=CCC=CCCCC(=O)NC(C)C(OC(=O)c1cccnc1)C(C)C. The highest BCUT2D eigenvalue weighted by Crippen LogP contribution is 2.14. The molecule has 0 bridgehead atoms. The molecule has 0 aliphatic heterocycles. The molecule has 1 aromatic heterocycles. The van der Waals surface area contributed by atoms with Crippen molar-refractivity contribution in [3.8, 4) is 0 Å². The third kappa shape index (κ3) is 16.2. The standard InChI is InChI=1S/C32H46N2O3/c1-5-6-7-8-9-10-11-12-13-14-15-16-17-18-19-20-21-24-30(35)34-28(4)31(27(2)3)37-32(36)29-23-22-25-33-26-29/h6-7,9-10,12-13,15-16,18-19,22-23,25-28,31H,5,8,11,14,17,20-21,24H2,1-4H3,(H,34,35). The van der Waals surface area contributed by atoms with E-state index in [0.717, 1.165) is 44.9 Å². The number of hydrogen-bond acceptors (Lipinski definition) is 4. The Balaban J connectivity index is 2.20. The van der Waals surface area contributed by atoms with E-state index in [1.807, 2.05) is 20.8 Å². The van der Waals surface area contributed by atoms with Crippen molar-refractivity contribution in [3.05, 3.63) is 90.9 Å². The van der Waals surface area contributed by atoms with E-state index in [2.05, 4.69) is 78.0 Å². The number of unbranched alkanes of at least 4 members (excludes halogenated alkanes) is 1. The monoisotopic (exact) mass is 506 g/mol. The maximum Gasteiger partial charge on any atom is 0.340 e. The maximum atomic E-state index is 12.4. The zero-order chi connectivity index (χ0) is 27.1. The van der Waals surface area contributed by atoms with Gasteiger partial charge < -0.3 is 10.1 Å². The number of esters is 1. The first-order valence-electron chi connectivity index (χ1n) is 13.6. The number of carbonyl (C=O) groups excluding carboxylic acids is 2. The first kappa shape index (κ1) is 31.8. The maximum absolute atomic E-state index is 12.4. The summed E-state index contributed by atoms with van der Waals surface area (Å²) in [5, 5.41) is 2.99. The Morgan fingerprint density at radius 2 is 1.46 bits per heavy atom. The number of nitrogens with zero attached hydrogens (tertiary/aromatic N) is 1. The van der Waals surface area contributed by atoms with Gasteiger partial charge in [0.25, 0.3) is 0 Å². The molecule has 0 saturated carbocycles. The van der Waals surface area contributed by atoms with Gasteiger partial charge in [0.05, 0.1) is 11.6 Å². The summed E-state index contributed by atoms with van der Waals surface area (Å²) in [7, 11) is 0. The summed E-state index contributed by atoms with van der Waals surface area (Å²) in [4.78, 5) is 28.7. The minimum Gasteiger partial charge on any atom is -0.456 e. The molecule has 1 aromatic rings. The largest absolute Gasteiger partial charge is 0.456 e. The Kier molecular flexibility index (Phi) is 18.0. The van der Waals surface area contributed by atoms with Crippen molar-refractivity contribution in [2.45, 2.75) is 91.2 Å². The fourth-order valence-electron chi connectivity index (χ4n) is 3.65. The fourth-order valence-corrected chi connectivity index (χ4v) is 3.65. The van der Waals surface area contributed by atoms with Gasteiger partial charge in [-0.15, -0.1) is 0 Å². The molecule has 5 heteroatoms. The third-order valence-corrected chi connectivity index (χ3v) is 5.61. The topological polar surface area (TPSA) is 68.3 Å². The second-order valence-electron chi connectivity index (χ2n) is 9.31. The second-order valence-corrected chi connectivity index (χ2v) is 9.31. The Hall–Kier alpha value is -3.21. The molecule has 2 unspecified atom stereocenters. The summed E-state index contributed by atoms with van der Waals surface area (Å²) in [6, 6.07) is 3.09. The molecular formula is C32H46N2O3. The molecule has 0 aliphatic carbocycles. The lowest BCUT2D eigenvalue weighted by molar-refractivity contribution is -0.122. The van der Waals surface area contributed by atoms with Crippen molar-refractivity contribution in [1.29, 1.82) is 0 Å². The lowest BCUT2D eigenvalue weighted by atomic mass is 10.00. The van der Waals surface area contributed by atoms with Gasteiger partial charge in [-0.3, -0.25) is 9.78 Å². The zero-order valence-corrected chi connectivity index (χ0v) is 23.1. The van der Waals surface area contributed by atoms with E-state index in [4.69, 9.17) is 4.74 Å².